The van der Waals surface area contributed by atoms with Gasteiger partial charge in [0.25, 0.3) is 0 Å². The van der Waals surface area contributed by atoms with E-state index in [9.17, 15) is 4.79 Å². The van der Waals surface area contributed by atoms with E-state index >= 15 is 0 Å². The van der Waals surface area contributed by atoms with Crippen molar-refractivity contribution in [2.45, 2.75) is 44.3 Å². The van der Waals surface area contributed by atoms with E-state index < -0.39 is 0 Å². The van der Waals surface area contributed by atoms with Gasteiger partial charge in [0.15, 0.2) is 5.16 Å². The van der Waals surface area contributed by atoms with Crippen LogP contribution in [0, 0.1) is 6.92 Å². The van der Waals surface area contributed by atoms with Crippen LogP contribution in [-0.2, 0) is 11.2 Å². The second-order valence-corrected chi connectivity index (χ2v) is 9.45. The van der Waals surface area contributed by atoms with E-state index in [1.807, 2.05) is 55.5 Å². The number of nitrogens with one attached hydrogen (secondary N) is 1. The number of carbonyl (C=O) groups is 1. The maximum Gasteiger partial charge on any atom is 0.220 e. The smallest absolute Gasteiger partial charge is 0.220 e. The van der Waals surface area contributed by atoms with E-state index in [4.69, 9.17) is 0 Å². The van der Waals surface area contributed by atoms with E-state index in [0.29, 0.717) is 12.8 Å². The molecule has 0 bridgehead atoms. The molecule has 174 valence electrons. The molecule has 0 spiro atoms. The highest BCUT2D eigenvalue weighted by Crippen LogP contribution is 2.25. The number of hydrogen-bond acceptors (Lipinski definition) is 4. The zero-order chi connectivity index (χ0) is 23.8. The Morgan fingerprint density at radius 3 is 2.32 bits per heavy atom. The lowest BCUT2D eigenvalue weighted by Gasteiger charge is -2.14. The lowest BCUT2D eigenvalue weighted by atomic mass is 10.1. The van der Waals surface area contributed by atoms with Crippen molar-refractivity contribution in [1.82, 2.24) is 20.1 Å². The number of amides is 1. The van der Waals surface area contributed by atoms with Gasteiger partial charge >= 0.3 is 0 Å². The van der Waals surface area contributed by atoms with Crippen LogP contribution < -0.4 is 5.32 Å². The summed E-state index contributed by atoms with van der Waals surface area (Å²) in [5.74, 6) is 1.77. The fourth-order valence-electron chi connectivity index (χ4n) is 3.77. The van der Waals surface area contributed by atoms with Crippen molar-refractivity contribution in [2.75, 3.05) is 5.75 Å². The first-order chi connectivity index (χ1) is 16.6. The molecule has 34 heavy (non-hydrogen) atoms. The molecule has 4 rings (SSSR count). The quantitative estimate of drug-likeness (QED) is 0.231. The number of nitrogens with zero attached hydrogens (tertiary/aromatic N) is 3. The molecule has 1 heterocycles. The van der Waals surface area contributed by atoms with Gasteiger partial charge in [0.05, 0.1) is 6.04 Å². The molecule has 0 radical (unpaired) electrons. The second kappa shape index (κ2) is 11.7. The van der Waals surface area contributed by atoms with Crippen LogP contribution in [0.15, 0.2) is 90.1 Å². The van der Waals surface area contributed by atoms with Crippen LogP contribution in [0.25, 0.3) is 5.69 Å². The number of hydrogen-bond donors (Lipinski definition) is 1. The number of aromatic nitrogens is 3. The number of thioether (sulfide) groups is 1. The van der Waals surface area contributed by atoms with Crippen molar-refractivity contribution in [3.05, 3.63) is 107 Å². The zero-order valence-corrected chi connectivity index (χ0v) is 20.5. The third-order valence-electron chi connectivity index (χ3n) is 5.65. The summed E-state index contributed by atoms with van der Waals surface area (Å²) in [7, 11) is 0. The SMILES string of the molecule is Cc1ccc(-n2c(Cc3ccccc3)nnc2SCCCC(=O)NC(C)c2ccccc2)cc1. The van der Waals surface area contributed by atoms with Gasteiger partial charge in [0.2, 0.25) is 5.91 Å². The molecule has 1 atom stereocenters. The highest BCUT2D eigenvalue weighted by atomic mass is 32.2. The predicted octanol–water partition coefficient (Wildman–Crippen LogP) is 5.92. The minimum absolute atomic E-state index is 0.00605. The lowest BCUT2D eigenvalue weighted by Crippen LogP contribution is -2.26. The molecular weight excluding hydrogens is 440 g/mol. The molecule has 0 fully saturated rings. The van der Waals surface area contributed by atoms with Gasteiger partial charge in [-0.1, -0.05) is 90.1 Å². The van der Waals surface area contributed by atoms with Crippen LogP contribution in [0.3, 0.4) is 0 Å². The molecule has 0 saturated carbocycles. The van der Waals surface area contributed by atoms with Crippen LogP contribution in [0.4, 0.5) is 0 Å². The lowest BCUT2D eigenvalue weighted by molar-refractivity contribution is -0.121. The normalized spacial score (nSPS) is 11.8. The summed E-state index contributed by atoms with van der Waals surface area (Å²) in [5.41, 5.74) is 4.58. The molecule has 6 heteroatoms. The summed E-state index contributed by atoms with van der Waals surface area (Å²) in [6.45, 7) is 4.10. The van der Waals surface area contributed by atoms with Gasteiger partial charge in [-0.15, -0.1) is 10.2 Å². The summed E-state index contributed by atoms with van der Waals surface area (Å²) in [4.78, 5) is 12.4. The largest absolute Gasteiger partial charge is 0.350 e. The standard InChI is InChI=1S/C28H30N4OS/c1-21-15-17-25(18-16-21)32-26(20-23-10-5-3-6-11-23)30-31-28(32)34-19-9-14-27(33)29-22(2)24-12-7-4-8-13-24/h3-8,10-13,15-18,22H,9,14,19-20H2,1-2H3,(H,29,33). The molecule has 1 amide bonds. The summed E-state index contributed by atoms with van der Waals surface area (Å²) in [6, 6.07) is 28.8. The average Bonchev–Trinajstić information content (AvgIpc) is 3.25. The van der Waals surface area contributed by atoms with Gasteiger partial charge < -0.3 is 5.32 Å². The predicted molar refractivity (Wildman–Crippen MR) is 138 cm³/mol. The Kier molecular flexibility index (Phi) is 8.15. The van der Waals surface area contributed by atoms with Crippen LogP contribution in [0.1, 0.15) is 48.3 Å². The van der Waals surface area contributed by atoms with Crippen LogP contribution in [0.5, 0.6) is 0 Å². The van der Waals surface area contributed by atoms with Crippen molar-refractivity contribution in [3.63, 3.8) is 0 Å². The molecule has 0 aliphatic rings. The molecule has 1 unspecified atom stereocenters. The molecular formula is C28H30N4OS. The number of rotatable bonds is 10. The van der Waals surface area contributed by atoms with Crippen molar-refractivity contribution in [1.29, 1.82) is 0 Å². The highest BCUT2D eigenvalue weighted by molar-refractivity contribution is 7.99. The number of aryl methyl sites for hydroxylation is 1. The maximum absolute atomic E-state index is 12.4. The van der Waals surface area contributed by atoms with Crippen molar-refractivity contribution in [3.8, 4) is 5.69 Å². The van der Waals surface area contributed by atoms with E-state index in [2.05, 4.69) is 63.4 Å². The molecule has 1 aromatic heterocycles. The Hall–Kier alpha value is -3.38. The third kappa shape index (κ3) is 6.35. The molecule has 0 aliphatic heterocycles. The Morgan fingerprint density at radius 2 is 1.62 bits per heavy atom. The van der Waals surface area contributed by atoms with E-state index in [-0.39, 0.29) is 11.9 Å². The third-order valence-corrected chi connectivity index (χ3v) is 6.67. The highest BCUT2D eigenvalue weighted by Gasteiger charge is 2.15. The first-order valence-electron chi connectivity index (χ1n) is 11.6. The first-order valence-corrected chi connectivity index (χ1v) is 12.6. The molecule has 5 nitrogen and oxygen atoms in total. The van der Waals surface area contributed by atoms with Crippen LogP contribution >= 0.6 is 11.8 Å². The summed E-state index contributed by atoms with van der Waals surface area (Å²) >= 11 is 1.64. The van der Waals surface area contributed by atoms with E-state index in [0.717, 1.165) is 34.4 Å². The Balaban J connectivity index is 1.38. The topological polar surface area (TPSA) is 59.8 Å². The molecule has 0 saturated heterocycles. The number of benzene rings is 3. The maximum atomic E-state index is 12.4. The first kappa shape index (κ1) is 23.8. The Morgan fingerprint density at radius 1 is 0.941 bits per heavy atom. The fourth-order valence-corrected chi connectivity index (χ4v) is 4.68. The van der Waals surface area contributed by atoms with Crippen molar-refractivity contribution < 1.29 is 4.79 Å². The second-order valence-electron chi connectivity index (χ2n) is 8.38. The van der Waals surface area contributed by atoms with E-state index in [1.165, 1.54) is 11.1 Å². The summed E-state index contributed by atoms with van der Waals surface area (Å²) < 4.78 is 2.13. The minimum atomic E-state index is 0.00605. The summed E-state index contributed by atoms with van der Waals surface area (Å²) in [5, 5.41) is 12.9. The van der Waals surface area contributed by atoms with Gasteiger partial charge in [-0.05, 0) is 43.5 Å². The zero-order valence-electron chi connectivity index (χ0n) is 19.6. The molecule has 4 aromatic rings. The van der Waals surface area contributed by atoms with Gasteiger partial charge in [-0.2, -0.15) is 0 Å². The fraction of sp³-hybridized carbons (Fsp3) is 0.250. The van der Waals surface area contributed by atoms with Gasteiger partial charge in [-0.25, -0.2) is 0 Å². The van der Waals surface area contributed by atoms with E-state index in [1.54, 1.807) is 11.8 Å². The van der Waals surface area contributed by atoms with Crippen LogP contribution in [-0.4, -0.2) is 26.4 Å². The van der Waals surface area contributed by atoms with Crippen molar-refractivity contribution in [2.24, 2.45) is 0 Å². The Bertz CT molecular complexity index is 1190. The molecule has 1 N–H and O–H groups in total. The number of carbonyl (C=O) groups excluding carboxylic acids is 1. The monoisotopic (exact) mass is 470 g/mol. The van der Waals surface area contributed by atoms with Crippen molar-refractivity contribution >= 4 is 17.7 Å². The van der Waals surface area contributed by atoms with Gasteiger partial charge in [0.1, 0.15) is 5.82 Å². The Labute approximate surface area is 205 Å². The average molecular weight is 471 g/mol. The molecule has 0 aliphatic carbocycles. The van der Waals surface area contributed by atoms with Gasteiger partial charge in [-0.3, -0.25) is 9.36 Å². The summed E-state index contributed by atoms with van der Waals surface area (Å²) in [6.07, 6.45) is 1.97. The van der Waals surface area contributed by atoms with Crippen LogP contribution in [0.2, 0.25) is 0 Å². The minimum Gasteiger partial charge on any atom is -0.350 e. The molecule has 3 aromatic carbocycles. The van der Waals surface area contributed by atoms with Gasteiger partial charge in [0, 0.05) is 24.3 Å².